The zero-order chi connectivity index (χ0) is 43.4. The molecule has 15 aromatic carbocycles. The molecule has 0 fully saturated rings. The van der Waals surface area contributed by atoms with Gasteiger partial charge in [-0.1, -0.05) is 164 Å². The average Bonchev–Trinajstić information content (AvgIpc) is 3.85. The number of aryl methyl sites for hydroxylation is 2. The van der Waals surface area contributed by atoms with Crippen LogP contribution in [0.1, 0.15) is 11.1 Å². The summed E-state index contributed by atoms with van der Waals surface area (Å²) in [5.41, 5.74) is 12.8. The number of fused-ring (bicyclic) bond motifs is 9. The van der Waals surface area contributed by atoms with Crippen molar-refractivity contribution in [2.24, 2.45) is 0 Å². The van der Waals surface area contributed by atoms with E-state index in [-0.39, 0.29) is 0 Å². The van der Waals surface area contributed by atoms with E-state index in [9.17, 15) is 0 Å². The lowest BCUT2D eigenvalue weighted by molar-refractivity contribution is 1.38. The van der Waals surface area contributed by atoms with Gasteiger partial charge >= 0.3 is 0 Å². The molecule has 15 rings (SSSR count). The number of rotatable bonds is 4. The van der Waals surface area contributed by atoms with Crippen LogP contribution in [0.2, 0.25) is 0 Å². The van der Waals surface area contributed by atoms with Gasteiger partial charge < -0.3 is 0 Å². The van der Waals surface area contributed by atoms with E-state index in [4.69, 9.17) is 0 Å². The fourth-order valence-corrected chi connectivity index (χ4v) is 12.6. The molecule has 0 aliphatic heterocycles. The van der Waals surface area contributed by atoms with Crippen molar-refractivity contribution in [1.29, 1.82) is 0 Å². The van der Waals surface area contributed by atoms with Crippen molar-refractivity contribution < 1.29 is 0 Å². The Bertz CT molecular complexity index is 4460. The molecule has 0 N–H and O–H groups in total. The zero-order valence-electron chi connectivity index (χ0n) is 36.6. The van der Waals surface area contributed by atoms with Crippen molar-refractivity contribution in [1.82, 2.24) is 0 Å². The van der Waals surface area contributed by atoms with Gasteiger partial charge in [-0.05, 0) is 220 Å². The van der Waals surface area contributed by atoms with E-state index in [2.05, 4.69) is 220 Å². The molecular formula is C66H40. The molecule has 0 aliphatic carbocycles. The van der Waals surface area contributed by atoms with Crippen LogP contribution >= 0.6 is 0 Å². The summed E-state index contributed by atoms with van der Waals surface area (Å²) in [4.78, 5) is 0. The highest BCUT2D eigenvalue weighted by Crippen LogP contribution is 2.55. The van der Waals surface area contributed by atoms with Crippen molar-refractivity contribution in [3.05, 3.63) is 217 Å². The highest BCUT2D eigenvalue weighted by molar-refractivity contribution is 6.46. The smallest absolute Gasteiger partial charge is 0.000719 e. The molecule has 0 nitrogen and oxygen atoms in total. The van der Waals surface area contributed by atoms with Crippen molar-refractivity contribution in [2.75, 3.05) is 0 Å². The molecule has 0 saturated carbocycles. The third-order valence-electron chi connectivity index (χ3n) is 15.2. The Morgan fingerprint density at radius 1 is 0.197 bits per heavy atom. The Labute approximate surface area is 381 Å². The first-order chi connectivity index (χ1) is 32.6. The van der Waals surface area contributed by atoms with Crippen molar-refractivity contribution in [3.8, 4) is 44.5 Å². The molecule has 0 spiro atoms. The topological polar surface area (TPSA) is 0 Å². The molecule has 0 radical (unpaired) electrons. The normalized spacial score (nSPS) is 12.4. The van der Waals surface area contributed by atoms with Gasteiger partial charge in [-0.15, -0.1) is 0 Å². The Kier molecular flexibility index (Phi) is 7.18. The number of hydrogen-bond donors (Lipinski definition) is 0. The third kappa shape index (κ3) is 4.78. The summed E-state index contributed by atoms with van der Waals surface area (Å²) >= 11 is 0. The van der Waals surface area contributed by atoms with Gasteiger partial charge in [-0.2, -0.15) is 0 Å². The maximum atomic E-state index is 2.56. The lowest BCUT2D eigenvalue weighted by Gasteiger charge is -2.17. The van der Waals surface area contributed by atoms with E-state index in [1.54, 1.807) is 0 Å². The SMILES string of the molecule is Cc1cccc(C)c1-c1cc2ccc3ccc4c5c(-c6ccccc6)c6cc7c(cc6c(-c6ccccc6)c5c5cc(c1)c2c3c45)c1cccc2c3ccc(-c4ccccc4)cc3cc7c21. The van der Waals surface area contributed by atoms with Gasteiger partial charge in [-0.3, -0.25) is 0 Å². The second-order valence-electron chi connectivity index (χ2n) is 18.8. The fourth-order valence-electron chi connectivity index (χ4n) is 12.6. The second kappa shape index (κ2) is 13.1. The predicted octanol–water partition coefficient (Wildman–Crippen LogP) is 18.8. The maximum Gasteiger partial charge on any atom is -0.000719 e. The van der Waals surface area contributed by atoms with Crippen molar-refractivity contribution >= 4 is 108 Å². The lowest BCUT2D eigenvalue weighted by Crippen LogP contribution is -1.90. The van der Waals surface area contributed by atoms with Crippen LogP contribution in [0.5, 0.6) is 0 Å². The summed E-state index contributed by atoms with van der Waals surface area (Å²) < 4.78 is 0. The zero-order valence-corrected chi connectivity index (χ0v) is 36.6. The molecule has 0 saturated heterocycles. The van der Waals surface area contributed by atoms with Crippen LogP contribution in [0.25, 0.3) is 152 Å². The summed E-state index contributed by atoms with van der Waals surface area (Å²) in [6.07, 6.45) is 0. The van der Waals surface area contributed by atoms with E-state index in [0.717, 1.165) is 0 Å². The standard InChI is InChI=1S/C66H40/c1-37-14-12-15-38(2)58(37)46-31-44-25-24-42-26-29-51-64-57(34-47(32-46)59(44)62(42)64)66-61(41-20-10-5-11-21-41)55-35-52-50-23-13-22-49-48-28-27-43(39-16-6-3-7-17-39)30-45(48)33-54(63(49)50)53(52)36-56(55)60(65(51)66)40-18-8-4-9-19-40/h3-36H,1-2H3. The van der Waals surface area contributed by atoms with Crippen LogP contribution in [0.3, 0.4) is 0 Å². The van der Waals surface area contributed by atoms with E-state index in [1.165, 1.54) is 163 Å². The lowest BCUT2D eigenvalue weighted by atomic mass is 9.85. The van der Waals surface area contributed by atoms with Crippen molar-refractivity contribution in [3.63, 3.8) is 0 Å². The molecule has 0 atom stereocenters. The largest absolute Gasteiger partial charge is 0.0622 e. The van der Waals surface area contributed by atoms with E-state index < -0.39 is 0 Å². The highest BCUT2D eigenvalue weighted by Gasteiger charge is 2.27. The summed E-state index contributed by atoms with van der Waals surface area (Å²) in [7, 11) is 0. The van der Waals surface area contributed by atoms with Gasteiger partial charge in [0.15, 0.2) is 0 Å². The first kappa shape index (κ1) is 36.1. The van der Waals surface area contributed by atoms with Crippen LogP contribution in [-0.2, 0) is 0 Å². The summed E-state index contributed by atoms with van der Waals surface area (Å²) in [5.74, 6) is 0. The van der Waals surface area contributed by atoms with Crippen LogP contribution in [-0.4, -0.2) is 0 Å². The van der Waals surface area contributed by atoms with Gasteiger partial charge in [0.1, 0.15) is 0 Å². The highest BCUT2D eigenvalue weighted by atomic mass is 14.3. The summed E-state index contributed by atoms with van der Waals surface area (Å²) in [6, 6.07) is 78.4. The molecule has 0 amide bonds. The van der Waals surface area contributed by atoms with Gasteiger partial charge in [0, 0.05) is 0 Å². The number of hydrogen-bond acceptors (Lipinski definition) is 0. The minimum absolute atomic E-state index is 1.24. The number of benzene rings is 13. The first-order valence-corrected chi connectivity index (χ1v) is 23.2. The Hall–Kier alpha value is -8.32. The van der Waals surface area contributed by atoms with Crippen LogP contribution in [0, 0.1) is 13.8 Å². The maximum absolute atomic E-state index is 2.56. The molecule has 0 aliphatic rings. The summed E-state index contributed by atoms with van der Waals surface area (Å²) in [6.45, 7) is 4.49. The minimum atomic E-state index is 1.24. The molecule has 0 unspecified atom stereocenters. The van der Waals surface area contributed by atoms with Gasteiger partial charge in [0.2, 0.25) is 0 Å². The minimum Gasteiger partial charge on any atom is -0.0622 e. The fraction of sp³-hybridized carbons (Fsp3) is 0.0303. The second-order valence-corrected chi connectivity index (χ2v) is 18.8. The molecule has 0 heteroatoms. The monoisotopic (exact) mass is 832 g/mol. The van der Waals surface area contributed by atoms with Gasteiger partial charge in [0.25, 0.3) is 0 Å². The molecule has 15 aromatic rings. The predicted molar refractivity (Wildman–Crippen MR) is 286 cm³/mol. The quantitative estimate of drug-likeness (QED) is 0.155. The Balaban J connectivity index is 1.15. The Morgan fingerprint density at radius 2 is 0.727 bits per heavy atom. The molecule has 0 bridgehead atoms. The van der Waals surface area contributed by atoms with Crippen molar-refractivity contribution in [2.45, 2.75) is 13.8 Å². The first-order valence-electron chi connectivity index (χ1n) is 23.2. The van der Waals surface area contributed by atoms with Crippen LogP contribution < -0.4 is 0 Å². The summed E-state index contributed by atoms with van der Waals surface area (Å²) in [5, 5.41) is 26.3. The van der Waals surface area contributed by atoms with E-state index in [0.29, 0.717) is 0 Å². The van der Waals surface area contributed by atoms with Gasteiger partial charge in [-0.25, -0.2) is 0 Å². The molecule has 66 heavy (non-hydrogen) atoms. The molecular weight excluding hydrogens is 793 g/mol. The molecule has 0 heterocycles. The van der Waals surface area contributed by atoms with Crippen LogP contribution in [0.4, 0.5) is 0 Å². The molecule has 304 valence electrons. The van der Waals surface area contributed by atoms with Crippen LogP contribution in [0.15, 0.2) is 206 Å². The Morgan fingerprint density at radius 3 is 1.42 bits per heavy atom. The average molecular weight is 833 g/mol. The van der Waals surface area contributed by atoms with E-state index in [1.807, 2.05) is 0 Å². The third-order valence-corrected chi connectivity index (χ3v) is 15.2. The van der Waals surface area contributed by atoms with Gasteiger partial charge in [0.05, 0.1) is 0 Å². The van der Waals surface area contributed by atoms with E-state index >= 15 is 0 Å². The molecule has 0 aromatic heterocycles.